The normalized spacial score (nSPS) is 13.5. The van der Waals surface area contributed by atoms with Crippen molar-refractivity contribution in [1.82, 2.24) is 0 Å². The molecule has 0 aromatic rings. The fraction of sp³-hybridized carbons (Fsp3) is 0.875. The molecular formula is C16H32Cl2Si. The maximum absolute atomic E-state index is 5.84. The smallest absolute Gasteiger partial charge is 0.150 e. The van der Waals surface area contributed by atoms with Crippen molar-refractivity contribution < 1.29 is 0 Å². The van der Waals surface area contributed by atoms with Crippen molar-refractivity contribution in [2.24, 2.45) is 5.92 Å². The van der Waals surface area contributed by atoms with Gasteiger partial charge in [-0.05, 0) is 31.2 Å². The van der Waals surface area contributed by atoms with E-state index in [0.29, 0.717) is 0 Å². The van der Waals surface area contributed by atoms with Crippen LogP contribution in [0, 0.1) is 5.92 Å². The van der Waals surface area contributed by atoms with Gasteiger partial charge < -0.3 is 0 Å². The molecule has 0 N–H and O–H groups in total. The Morgan fingerprint density at radius 3 is 2.32 bits per heavy atom. The molecule has 0 amide bonds. The summed E-state index contributed by atoms with van der Waals surface area (Å²) in [5.74, 6) is 0.745. The van der Waals surface area contributed by atoms with Crippen LogP contribution in [0.15, 0.2) is 12.2 Å². The van der Waals surface area contributed by atoms with Crippen LogP contribution in [0.3, 0.4) is 0 Å². The minimum absolute atomic E-state index is 0.745. The van der Waals surface area contributed by atoms with Crippen LogP contribution in [-0.4, -0.2) is 7.42 Å². The average molecular weight is 323 g/mol. The second-order valence-corrected chi connectivity index (χ2v) is 10.8. The Kier molecular flexibility index (Phi) is 15.4. The van der Waals surface area contributed by atoms with Crippen LogP contribution >= 0.6 is 22.2 Å². The lowest BCUT2D eigenvalue weighted by Crippen LogP contribution is -1.93. The van der Waals surface area contributed by atoms with Gasteiger partial charge in [-0.2, -0.15) is 22.2 Å². The third-order valence-electron chi connectivity index (χ3n) is 3.52. The summed E-state index contributed by atoms with van der Waals surface area (Å²) in [6, 6.07) is 1.08. The Morgan fingerprint density at radius 2 is 1.63 bits per heavy atom. The number of hydrogen-bond donors (Lipinski definition) is 0. The molecule has 0 bridgehead atoms. The summed E-state index contributed by atoms with van der Waals surface area (Å²) in [4.78, 5) is 0. The Labute approximate surface area is 132 Å². The van der Waals surface area contributed by atoms with E-state index in [1.165, 1.54) is 64.2 Å². The van der Waals surface area contributed by atoms with Gasteiger partial charge in [-0.15, -0.1) is 0 Å². The lowest BCUT2D eigenvalue weighted by atomic mass is 10.0. The van der Waals surface area contributed by atoms with E-state index in [1.54, 1.807) is 0 Å². The van der Waals surface area contributed by atoms with Crippen molar-refractivity contribution in [3.05, 3.63) is 12.2 Å². The summed E-state index contributed by atoms with van der Waals surface area (Å²) >= 11 is 11.7. The molecule has 0 nitrogen and oxygen atoms in total. The van der Waals surface area contributed by atoms with E-state index in [-0.39, 0.29) is 0 Å². The number of unbranched alkanes of at least 4 members (excludes halogenated alkanes) is 7. The van der Waals surface area contributed by atoms with Crippen molar-refractivity contribution in [1.29, 1.82) is 0 Å². The molecule has 114 valence electrons. The third kappa shape index (κ3) is 16.5. The maximum atomic E-state index is 5.84. The van der Waals surface area contributed by atoms with Crippen LogP contribution in [0.2, 0.25) is 6.04 Å². The Balaban J connectivity index is 3.28. The van der Waals surface area contributed by atoms with Crippen LogP contribution in [-0.2, 0) is 0 Å². The van der Waals surface area contributed by atoms with Gasteiger partial charge in [-0.3, -0.25) is 0 Å². The third-order valence-corrected chi connectivity index (χ3v) is 5.67. The molecule has 0 aromatic carbocycles. The summed E-state index contributed by atoms with van der Waals surface area (Å²) in [5.41, 5.74) is 0. The second kappa shape index (κ2) is 14.9. The van der Waals surface area contributed by atoms with Gasteiger partial charge in [0.15, 0.2) is 0 Å². The van der Waals surface area contributed by atoms with Crippen LogP contribution in [0.1, 0.15) is 78.1 Å². The van der Waals surface area contributed by atoms with Crippen molar-refractivity contribution in [2.45, 2.75) is 84.1 Å². The minimum Gasteiger partial charge on any atom is -0.150 e. The monoisotopic (exact) mass is 322 g/mol. The predicted molar refractivity (Wildman–Crippen MR) is 93.8 cm³/mol. The highest BCUT2D eigenvalue weighted by Crippen LogP contribution is 2.15. The van der Waals surface area contributed by atoms with Gasteiger partial charge in [0, 0.05) is 0 Å². The first-order valence-corrected chi connectivity index (χ1v) is 12.4. The molecule has 3 heteroatoms. The summed E-state index contributed by atoms with van der Waals surface area (Å²) in [6.07, 6.45) is 18.1. The molecule has 1 atom stereocenters. The Morgan fingerprint density at radius 1 is 0.947 bits per heavy atom. The lowest BCUT2D eigenvalue weighted by Gasteiger charge is -2.06. The highest BCUT2D eigenvalue weighted by molar-refractivity contribution is 7.33. The van der Waals surface area contributed by atoms with Gasteiger partial charge in [0.2, 0.25) is 7.42 Å². The molecule has 0 aliphatic heterocycles. The van der Waals surface area contributed by atoms with E-state index in [4.69, 9.17) is 22.2 Å². The molecule has 19 heavy (non-hydrogen) atoms. The molecule has 0 saturated carbocycles. The zero-order chi connectivity index (χ0) is 14.3. The SMILES string of the molecule is CCCCCCC=CC(C)CCCCCC[SiH](Cl)Cl. The van der Waals surface area contributed by atoms with E-state index in [0.717, 1.165) is 12.0 Å². The van der Waals surface area contributed by atoms with E-state index in [2.05, 4.69) is 26.0 Å². The molecule has 0 radical (unpaired) electrons. The summed E-state index contributed by atoms with van der Waals surface area (Å²) in [6.45, 7) is 4.60. The summed E-state index contributed by atoms with van der Waals surface area (Å²) in [7, 11) is -1.34. The molecule has 1 unspecified atom stereocenters. The standard InChI is InChI=1S/C16H32Cl2Si/c1-3-4-5-6-7-10-13-16(2)14-11-8-9-12-15-19(17)18/h10,13,16,19H,3-9,11-12,14-15H2,1-2H3. The maximum Gasteiger partial charge on any atom is 0.237 e. The quantitative estimate of drug-likeness (QED) is 0.151. The average Bonchev–Trinajstić information content (AvgIpc) is 2.37. The topological polar surface area (TPSA) is 0 Å². The van der Waals surface area contributed by atoms with Gasteiger partial charge in [-0.1, -0.05) is 70.9 Å². The molecule has 0 aromatic heterocycles. The van der Waals surface area contributed by atoms with Gasteiger partial charge in [0.05, 0.1) is 0 Å². The molecular weight excluding hydrogens is 291 g/mol. The van der Waals surface area contributed by atoms with Crippen molar-refractivity contribution in [3.63, 3.8) is 0 Å². The molecule has 0 fully saturated rings. The predicted octanol–water partition coefficient (Wildman–Crippen LogP) is 6.80. The first kappa shape index (κ1) is 19.5. The second-order valence-electron chi connectivity index (χ2n) is 5.64. The molecule has 0 spiro atoms. The fourth-order valence-corrected chi connectivity index (χ4v) is 3.76. The van der Waals surface area contributed by atoms with Crippen LogP contribution in [0.5, 0.6) is 0 Å². The van der Waals surface area contributed by atoms with Crippen molar-refractivity contribution >= 4 is 29.6 Å². The van der Waals surface area contributed by atoms with E-state index < -0.39 is 7.42 Å². The fourth-order valence-electron chi connectivity index (χ4n) is 2.23. The van der Waals surface area contributed by atoms with Crippen LogP contribution < -0.4 is 0 Å². The Bertz CT molecular complexity index is 205. The van der Waals surface area contributed by atoms with Crippen molar-refractivity contribution in [3.8, 4) is 0 Å². The van der Waals surface area contributed by atoms with E-state index in [1.807, 2.05) is 0 Å². The number of rotatable bonds is 13. The summed E-state index contributed by atoms with van der Waals surface area (Å²) in [5, 5.41) is 0. The molecule has 0 saturated heterocycles. The molecule has 0 aliphatic carbocycles. The number of hydrogen-bond acceptors (Lipinski definition) is 0. The molecule has 0 rings (SSSR count). The minimum atomic E-state index is -1.34. The number of allylic oxidation sites excluding steroid dienone is 2. The van der Waals surface area contributed by atoms with Gasteiger partial charge in [-0.25, -0.2) is 0 Å². The number of halogens is 2. The van der Waals surface area contributed by atoms with Gasteiger partial charge in [0.25, 0.3) is 0 Å². The Hall–Kier alpha value is 0.537. The van der Waals surface area contributed by atoms with Gasteiger partial charge >= 0.3 is 0 Å². The van der Waals surface area contributed by atoms with E-state index >= 15 is 0 Å². The van der Waals surface area contributed by atoms with Crippen LogP contribution in [0.4, 0.5) is 0 Å². The molecule has 0 aliphatic rings. The zero-order valence-corrected chi connectivity index (χ0v) is 15.5. The lowest BCUT2D eigenvalue weighted by molar-refractivity contribution is 0.559. The summed E-state index contributed by atoms with van der Waals surface area (Å²) < 4.78 is 0. The first-order chi connectivity index (χ1) is 9.16. The highest BCUT2D eigenvalue weighted by atomic mass is 35.7. The zero-order valence-electron chi connectivity index (χ0n) is 12.8. The first-order valence-electron chi connectivity index (χ1n) is 8.11. The van der Waals surface area contributed by atoms with Crippen LogP contribution in [0.25, 0.3) is 0 Å². The molecule has 0 heterocycles. The van der Waals surface area contributed by atoms with E-state index in [9.17, 15) is 0 Å². The highest BCUT2D eigenvalue weighted by Gasteiger charge is 2.01. The largest absolute Gasteiger partial charge is 0.237 e. The van der Waals surface area contributed by atoms with Gasteiger partial charge in [0.1, 0.15) is 0 Å². The van der Waals surface area contributed by atoms with Crippen molar-refractivity contribution in [2.75, 3.05) is 0 Å².